The third-order valence-corrected chi connectivity index (χ3v) is 2.81. The molecule has 1 aliphatic rings. The molecule has 0 aromatic rings. The van der Waals surface area contributed by atoms with Gasteiger partial charge in [0.2, 0.25) is 5.91 Å². The summed E-state index contributed by atoms with van der Waals surface area (Å²) in [5.41, 5.74) is -0.446. The lowest BCUT2D eigenvalue weighted by Crippen LogP contribution is -2.52. The maximum atomic E-state index is 12.1. The smallest absolute Gasteiger partial charge is 0.242 e. The zero-order chi connectivity index (χ0) is 11.5. The van der Waals surface area contributed by atoms with Gasteiger partial charge in [0.05, 0.1) is 12.1 Å². The van der Waals surface area contributed by atoms with E-state index < -0.39 is 5.54 Å². The molecular formula is C11H22N2O2. The topological polar surface area (TPSA) is 41.6 Å². The molecule has 1 N–H and O–H groups in total. The summed E-state index contributed by atoms with van der Waals surface area (Å²) in [6.07, 6.45) is 0. The number of hydrogen-bond donors (Lipinski definition) is 1. The van der Waals surface area contributed by atoms with Crippen molar-refractivity contribution in [2.24, 2.45) is 5.92 Å². The molecule has 0 aromatic carbocycles. The van der Waals surface area contributed by atoms with Crippen LogP contribution in [0.25, 0.3) is 0 Å². The molecule has 1 unspecified atom stereocenters. The second-order valence-corrected chi connectivity index (χ2v) is 4.86. The van der Waals surface area contributed by atoms with Crippen molar-refractivity contribution in [2.75, 3.05) is 33.4 Å². The predicted molar refractivity (Wildman–Crippen MR) is 59.7 cm³/mol. The van der Waals surface area contributed by atoms with Gasteiger partial charge in [-0.25, -0.2) is 0 Å². The van der Waals surface area contributed by atoms with E-state index in [1.807, 2.05) is 18.7 Å². The Morgan fingerprint density at radius 2 is 2.27 bits per heavy atom. The van der Waals surface area contributed by atoms with Gasteiger partial charge in [0.25, 0.3) is 0 Å². The Bertz CT molecular complexity index is 229. The number of nitrogens with one attached hydrogen (secondary N) is 1. The first-order valence-corrected chi connectivity index (χ1v) is 5.50. The average molecular weight is 214 g/mol. The van der Waals surface area contributed by atoms with Crippen molar-refractivity contribution in [3.63, 3.8) is 0 Å². The second kappa shape index (κ2) is 4.94. The molecule has 1 amide bonds. The maximum Gasteiger partial charge on any atom is 0.242 e. The van der Waals surface area contributed by atoms with E-state index in [0.717, 1.165) is 13.1 Å². The maximum absolute atomic E-state index is 12.1. The van der Waals surface area contributed by atoms with Crippen LogP contribution in [-0.4, -0.2) is 49.7 Å². The van der Waals surface area contributed by atoms with Gasteiger partial charge < -0.3 is 15.0 Å². The molecule has 0 spiro atoms. The van der Waals surface area contributed by atoms with Crippen LogP contribution >= 0.6 is 0 Å². The fourth-order valence-corrected chi connectivity index (χ4v) is 1.82. The zero-order valence-electron chi connectivity index (χ0n) is 10.2. The van der Waals surface area contributed by atoms with Gasteiger partial charge in [-0.05, 0) is 19.8 Å². The fourth-order valence-electron chi connectivity index (χ4n) is 1.82. The van der Waals surface area contributed by atoms with Crippen molar-refractivity contribution < 1.29 is 9.53 Å². The molecule has 0 aromatic heterocycles. The summed E-state index contributed by atoms with van der Waals surface area (Å²) in [4.78, 5) is 14.0. The van der Waals surface area contributed by atoms with Crippen molar-refractivity contribution in [2.45, 2.75) is 26.3 Å². The highest BCUT2D eigenvalue weighted by Gasteiger charge is 2.34. The molecule has 1 fully saturated rings. The van der Waals surface area contributed by atoms with Crippen LogP contribution in [0.1, 0.15) is 20.8 Å². The first-order valence-electron chi connectivity index (χ1n) is 5.50. The van der Waals surface area contributed by atoms with Crippen molar-refractivity contribution in [1.82, 2.24) is 10.2 Å². The summed E-state index contributed by atoms with van der Waals surface area (Å²) < 4.78 is 5.02. The molecule has 15 heavy (non-hydrogen) atoms. The van der Waals surface area contributed by atoms with Gasteiger partial charge in [-0.15, -0.1) is 0 Å². The van der Waals surface area contributed by atoms with E-state index in [0.29, 0.717) is 19.1 Å². The van der Waals surface area contributed by atoms with E-state index in [2.05, 4.69) is 12.2 Å². The number of methoxy groups -OCH3 is 1. The molecule has 0 radical (unpaired) electrons. The lowest BCUT2D eigenvalue weighted by atomic mass is 10.0. The summed E-state index contributed by atoms with van der Waals surface area (Å²) in [5.74, 6) is 0.663. The Hall–Kier alpha value is -0.610. The predicted octanol–water partition coefficient (Wildman–Crippen LogP) is 0.479. The normalized spacial score (nSPS) is 26.5. The van der Waals surface area contributed by atoms with Gasteiger partial charge in [-0.3, -0.25) is 4.79 Å². The van der Waals surface area contributed by atoms with Crippen molar-refractivity contribution in [3.8, 4) is 0 Å². The molecule has 4 heteroatoms. The number of nitrogens with zero attached hydrogens (tertiary/aromatic N) is 1. The van der Waals surface area contributed by atoms with Crippen LogP contribution in [-0.2, 0) is 9.53 Å². The Kier molecular flexibility index (Phi) is 4.11. The molecule has 1 heterocycles. The molecule has 0 saturated carbocycles. The largest absolute Gasteiger partial charge is 0.383 e. The molecular weight excluding hydrogens is 192 g/mol. The van der Waals surface area contributed by atoms with Gasteiger partial charge in [0.1, 0.15) is 0 Å². The van der Waals surface area contributed by atoms with Gasteiger partial charge in [0, 0.05) is 26.7 Å². The van der Waals surface area contributed by atoms with Gasteiger partial charge in [-0.1, -0.05) is 6.92 Å². The number of carbonyl (C=O) groups is 1. The quantitative estimate of drug-likeness (QED) is 0.743. The monoisotopic (exact) mass is 214 g/mol. The highest BCUT2D eigenvalue weighted by Crippen LogP contribution is 2.14. The van der Waals surface area contributed by atoms with E-state index in [4.69, 9.17) is 4.74 Å². The SMILES string of the molecule is COCCN1CC(C)CNC(C)(C)C1=O. The summed E-state index contributed by atoms with van der Waals surface area (Å²) in [6.45, 7) is 9.03. The molecule has 0 aliphatic carbocycles. The summed E-state index contributed by atoms with van der Waals surface area (Å²) in [5, 5.41) is 3.29. The minimum absolute atomic E-state index is 0.170. The minimum Gasteiger partial charge on any atom is -0.383 e. The van der Waals surface area contributed by atoms with E-state index >= 15 is 0 Å². The van der Waals surface area contributed by atoms with E-state index in [9.17, 15) is 4.79 Å². The molecule has 1 saturated heterocycles. The second-order valence-electron chi connectivity index (χ2n) is 4.86. The number of amides is 1. The number of rotatable bonds is 3. The van der Waals surface area contributed by atoms with Crippen LogP contribution in [0.4, 0.5) is 0 Å². The first-order chi connectivity index (χ1) is 6.97. The number of ether oxygens (including phenoxy) is 1. The van der Waals surface area contributed by atoms with Crippen LogP contribution in [0.2, 0.25) is 0 Å². The van der Waals surface area contributed by atoms with Crippen LogP contribution in [0.15, 0.2) is 0 Å². The summed E-state index contributed by atoms with van der Waals surface area (Å²) in [7, 11) is 1.66. The Balaban J connectivity index is 2.69. The van der Waals surface area contributed by atoms with Gasteiger partial charge in [-0.2, -0.15) is 0 Å². The average Bonchev–Trinajstić information content (AvgIpc) is 2.28. The van der Waals surface area contributed by atoms with Crippen LogP contribution in [0, 0.1) is 5.92 Å². The van der Waals surface area contributed by atoms with Crippen molar-refractivity contribution >= 4 is 5.91 Å². The van der Waals surface area contributed by atoms with Gasteiger partial charge in [0.15, 0.2) is 0 Å². The molecule has 4 nitrogen and oxygen atoms in total. The van der Waals surface area contributed by atoms with Crippen LogP contribution in [0.3, 0.4) is 0 Å². The molecule has 0 bridgehead atoms. The van der Waals surface area contributed by atoms with Crippen molar-refractivity contribution in [1.29, 1.82) is 0 Å². The highest BCUT2D eigenvalue weighted by molar-refractivity contribution is 5.85. The lowest BCUT2D eigenvalue weighted by Gasteiger charge is -2.29. The van der Waals surface area contributed by atoms with Crippen LogP contribution in [0.5, 0.6) is 0 Å². The van der Waals surface area contributed by atoms with E-state index in [1.54, 1.807) is 7.11 Å². The summed E-state index contributed by atoms with van der Waals surface area (Å²) in [6, 6.07) is 0. The zero-order valence-corrected chi connectivity index (χ0v) is 10.2. The number of hydrogen-bond acceptors (Lipinski definition) is 3. The van der Waals surface area contributed by atoms with E-state index in [-0.39, 0.29) is 5.91 Å². The number of carbonyl (C=O) groups excluding carboxylic acids is 1. The first kappa shape index (κ1) is 12.5. The highest BCUT2D eigenvalue weighted by atomic mass is 16.5. The summed E-state index contributed by atoms with van der Waals surface area (Å²) >= 11 is 0. The van der Waals surface area contributed by atoms with Gasteiger partial charge >= 0.3 is 0 Å². The third kappa shape index (κ3) is 3.18. The van der Waals surface area contributed by atoms with E-state index in [1.165, 1.54) is 0 Å². The molecule has 1 rings (SSSR count). The molecule has 88 valence electrons. The Labute approximate surface area is 92.0 Å². The molecule has 1 aliphatic heterocycles. The van der Waals surface area contributed by atoms with Crippen LogP contribution < -0.4 is 5.32 Å². The van der Waals surface area contributed by atoms with Crippen molar-refractivity contribution in [3.05, 3.63) is 0 Å². The molecule has 1 atom stereocenters. The fraction of sp³-hybridized carbons (Fsp3) is 0.909. The lowest BCUT2D eigenvalue weighted by molar-refractivity contribution is -0.136. The Morgan fingerprint density at radius 1 is 1.60 bits per heavy atom. The standard InChI is InChI=1S/C11H22N2O2/c1-9-7-12-11(2,3)10(14)13(8-9)5-6-15-4/h9,12H,5-8H2,1-4H3. The third-order valence-electron chi connectivity index (χ3n) is 2.81. The Morgan fingerprint density at radius 3 is 2.87 bits per heavy atom. The minimum atomic E-state index is -0.446.